The molecule has 9 heteroatoms. The molecule has 2 aromatic rings. The Morgan fingerprint density at radius 2 is 1.86 bits per heavy atom. The van der Waals surface area contributed by atoms with Gasteiger partial charge in [0.05, 0.1) is 23.9 Å². The summed E-state index contributed by atoms with van der Waals surface area (Å²) in [6, 6.07) is 10.3. The highest BCUT2D eigenvalue weighted by molar-refractivity contribution is 7.93. The topological polar surface area (TPSA) is 88.2 Å². The second-order valence-electron chi connectivity index (χ2n) is 9.70. The molecular formula is C26H33N3O5S. The smallest absolute Gasteiger partial charge is 0.268 e. The fraction of sp³-hybridized carbons (Fsp3) is 0.500. The number of anilines is 2. The molecule has 8 nitrogen and oxygen atoms in total. The van der Waals surface area contributed by atoms with Crippen molar-refractivity contribution in [1.82, 2.24) is 4.90 Å². The van der Waals surface area contributed by atoms with Gasteiger partial charge in [0.2, 0.25) is 5.91 Å². The number of sulfonamides is 1. The number of fused-ring (bicyclic) bond motifs is 2. The first-order chi connectivity index (χ1) is 16.8. The highest BCUT2D eigenvalue weighted by Gasteiger charge is 2.52. The molecule has 188 valence electrons. The second kappa shape index (κ2) is 9.02. The van der Waals surface area contributed by atoms with Crippen molar-refractivity contribution in [2.45, 2.75) is 55.4 Å². The zero-order chi connectivity index (χ0) is 24.8. The molecule has 1 amide bonds. The fourth-order valence-electron chi connectivity index (χ4n) is 5.45. The van der Waals surface area contributed by atoms with Crippen LogP contribution in [-0.2, 0) is 20.2 Å². The molecule has 0 unspecified atom stereocenters. The van der Waals surface area contributed by atoms with Crippen molar-refractivity contribution < 1.29 is 22.7 Å². The summed E-state index contributed by atoms with van der Waals surface area (Å²) in [5.74, 6) is 0.833. The van der Waals surface area contributed by atoms with Gasteiger partial charge < -0.3 is 19.7 Å². The van der Waals surface area contributed by atoms with Crippen molar-refractivity contribution in [3.05, 3.63) is 42.0 Å². The first-order valence-corrected chi connectivity index (χ1v) is 13.7. The van der Waals surface area contributed by atoms with E-state index < -0.39 is 15.4 Å². The maximum atomic E-state index is 13.8. The number of amides is 1. The molecule has 1 N–H and O–H groups in total. The molecular weight excluding hydrogens is 466 g/mol. The fourth-order valence-corrected chi connectivity index (χ4v) is 7.07. The number of nitrogens with one attached hydrogen (secondary N) is 1. The number of nitrogens with zero attached hydrogens (tertiary/aromatic N) is 2. The van der Waals surface area contributed by atoms with E-state index in [1.54, 1.807) is 37.3 Å². The van der Waals surface area contributed by atoms with E-state index in [1.807, 2.05) is 6.07 Å². The summed E-state index contributed by atoms with van der Waals surface area (Å²) in [7, 11) is -0.363. The first-order valence-electron chi connectivity index (χ1n) is 12.3. The van der Waals surface area contributed by atoms with Crippen LogP contribution in [0.5, 0.6) is 11.5 Å². The van der Waals surface area contributed by atoms with Crippen molar-refractivity contribution in [3.8, 4) is 11.5 Å². The zero-order valence-corrected chi connectivity index (χ0v) is 21.4. The van der Waals surface area contributed by atoms with Gasteiger partial charge in [-0.15, -0.1) is 0 Å². The molecule has 1 saturated heterocycles. The molecule has 2 aromatic carbocycles. The van der Waals surface area contributed by atoms with E-state index in [1.165, 1.54) is 11.4 Å². The van der Waals surface area contributed by atoms with E-state index in [0.29, 0.717) is 22.9 Å². The molecule has 2 heterocycles. The molecule has 1 spiro atoms. The minimum absolute atomic E-state index is 0.0141. The predicted molar refractivity (Wildman–Crippen MR) is 135 cm³/mol. The number of rotatable bonds is 7. The molecule has 2 fully saturated rings. The number of ether oxygens (including phenoxy) is 2. The Kier molecular flexibility index (Phi) is 6.17. The molecule has 0 atom stereocenters. The van der Waals surface area contributed by atoms with E-state index in [2.05, 4.69) is 17.3 Å². The van der Waals surface area contributed by atoms with Gasteiger partial charge in [-0.05, 0) is 63.4 Å². The lowest BCUT2D eigenvalue weighted by Gasteiger charge is -2.37. The maximum absolute atomic E-state index is 13.8. The van der Waals surface area contributed by atoms with Crippen LogP contribution in [0, 0.1) is 0 Å². The lowest BCUT2D eigenvalue weighted by molar-refractivity contribution is -0.123. The first kappa shape index (κ1) is 23.9. The van der Waals surface area contributed by atoms with Crippen LogP contribution >= 0.6 is 0 Å². The van der Waals surface area contributed by atoms with Gasteiger partial charge in [-0.3, -0.25) is 9.10 Å². The van der Waals surface area contributed by atoms with Crippen LogP contribution in [0.15, 0.2) is 41.3 Å². The monoisotopic (exact) mass is 499 g/mol. The van der Waals surface area contributed by atoms with Crippen LogP contribution in [0.2, 0.25) is 0 Å². The zero-order valence-electron chi connectivity index (χ0n) is 20.5. The van der Waals surface area contributed by atoms with E-state index in [9.17, 15) is 13.2 Å². The average Bonchev–Trinajstić information content (AvgIpc) is 3.13. The van der Waals surface area contributed by atoms with E-state index in [0.717, 1.165) is 50.8 Å². The maximum Gasteiger partial charge on any atom is 0.268 e. The summed E-state index contributed by atoms with van der Waals surface area (Å²) in [6.07, 6.45) is 4.26. The van der Waals surface area contributed by atoms with Crippen LogP contribution in [0.25, 0.3) is 0 Å². The third kappa shape index (κ3) is 3.94. The number of hydrogen-bond acceptors (Lipinski definition) is 6. The van der Waals surface area contributed by atoms with Crippen LogP contribution in [-0.4, -0.2) is 59.1 Å². The molecule has 5 rings (SSSR count). The van der Waals surface area contributed by atoms with Gasteiger partial charge in [0.1, 0.15) is 22.5 Å². The molecule has 2 aliphatic heterocycles. The van der Waals surface area contributed by atoms with Crippen molar-refractivity contribution in [2.75, 3.05) is 43.4 Å². The summed E-state index contributed by atoms with van der Waals surface area (Å²) in [6.45, 7) is 3.90. The van der Waals surface area contributed by atoms with Gasteiger partial charge >= 0.3 is 0 Å². The van der Waals surface area contributed by atoms with Gasteiger partial charge in [0.25, 0.3) is 10.0 Å². The predicted octanol–water partition coefficient (Wildman–Crippen LogP) is 3.76. The Morgan fingerprint density at radius 3 is 2.49 bits per heavy atom. The highest BCUT2D eigenvalue weighted by atomic mass is 32.2. The summed E-state index contributed by atoms with van der Waals surface area (Å²) >= 11 is 0. The number of benzene rings is 2. The lowest BCUT2D eigenvalue weighted by Crippen LogP contribution is -2.41. The van der Waals surface area contributed by atoms with Crippen molar-refractivity contribution >= 4 is 27.3 Å². The number of carbonyl (C=O) groups is 1. The van der Waals surface area contributed by atoms with Crippen molar-refractivity contribution in [2.24, 2.45) is 0 Å². The van der Waals surface area contributed by atoms with Crippen LogP contribution in [0.1, 0.15) is 44.6 Å². The normalized spacial score (nSPS) is 19.7. The standard InChI is InChI=1S/C26H33N3O5S/c1-4-29(35(31,32)23-9-6-5-8-21(23)33-3)18-16-20-24(27-25(30)26(20)12-7-13-26)22(17-18)34-19-10-14-28(2)15-11-19/h5-6,8-9,16-17,19H,4,7,10-15H2,1-3H3,(H,27,30). The molecule has 0 bridgehead atoms. The average molecular weight is 500 g/mol. The largest absolute Gasteiger partial charge is 0.495 e. The van der Waals surface area contributed by atoms with Gasteiger partial charge in [0, 0.05) is 25.7 Å². The summed E-state index contributed by atoms with van der Waals surface area (Å²) in [5.41, 5.74) is 1.46. The number of likely N-dealkylation sites (tertiary alicyclic amines) is 1. The van der Waals surface area contributed by atoms with E-state index in [-0.39, 0.29) is 23.5 Å². The number of para-hydroxylation sites is 1. The van der Waals surface area contributed by atoms with Gasteiger partial charge in [0.15, 0.2) is 0 Å². The van der Waals surface area contributed by atoms with E-state index in [4.69, 9.17) is 9.47 Å². The SMILES string of the molecule is CCN(c1cc(OC2CCN(C)CC2)c2c(c1)C1(CCC1)C(=O)N2)S(=O)(=O)c1ccccc1OC. The Hall–Kier alpha value is -2.78. The number of hydrogen-bond donors (Lipinski definition) is 1. The minimum atomic E-state index is -3.92. The van der Waals surface area contributed by atoms with Crippen LogP contribution < -0.4 is 19.1 Å². The third-order valence-corrected chi connectivity index (χ3v) is 9.60. The number of methoxy groups -OCH3 is 1. The molecule has 1 aliphatic carbocycles. The van der Waals surface area contributed by atoms with E-state index >= 15 is 0 Å². The van der Waals surface area contributed by atoms with Crippen LogP contribution in [0.4, 0.5) is 11.4 Å². The lowest BCUT2D eigenvalue weighted by atomic mass is 9.65. The Morgan fingerprint density at radius 1 is 1.14 bits per heavy atom. The second-order valence-corrected chi connectivity index (χ2v) is 11.5. The summed E-state index contributed by atoms with van der Waals surface area (Å²) in [4.78, 5) is 15.4. The van der Waals surface area contributed by atoms with Gasteiger partial charge in [-0.2, -0.15) is 0 Å². The summed E-state index contributed by atoms with van der Waals surface area (Å²) in [5, 5.41) is 3.07. The molecule has 0 aromatic heterocycles. The number of carbonyl (C=O) groups excluding carboxylic acids is 1. The Labute approximate surface area is 207 Å². The number of piperidine rings is 1. The van der Waals surface area contributed by atoms with Crippen molar-refractivity contribution in [3.63, 3.8) is 0 Å². The Bertz CT molecular complexity index is 1230. The molecule has 3 aliphatic rings. The summed E-state index contributed by atoms with van der Waals surface area (Å²) < 4.78 is 40.8. The minimum Gasteiger partial charge on any atom is -0.495 e. The molecule has 0 radical (unpaired) electrons. The van der Waals surface area contributed by atoms with Gasteiger partial charge in [-0.1, -0.05) is 18.6 Å². The van der Waals surface area contributed by atoms with Crippen molar-refractivity contribution in [1.29, 1.82) is 0 Å². The van der Waals surface area contributed by atoms with Crippen LogP contribution in [0.3, 0.4) is 0 Å². The molecule has 35 heavy (non-hydrogen) atoms. The molecule has 1 saturated carbocycles. The highest BCUT2D eigenvalue weighted by Crippen LogP contribution is 2.55. The third-order valence-electron chi connectivity index (χ3n) is 7.65. The van der Waals surface area contributed by atoms with Gasteiger partial charge in [-0.25, -0.2) is 8.42 Å². The Balaban J connectivity index is 1.60. The quantitative estimate of drug-likeness (QED) is 0.624.